The Labute approximate surface area is 123 Å². The van der Waals surface area contributed by atoms with Crippen LogP contribution in [0.5, 0.6) is 0 Å². The van der Waals surface area contributed by atoms with Crippen LogP contribution >= 0.6 is 0 Å². The molecule has 0 aromatic carbocycles. The minimum atomic E-state index is -0.596. The number of pyridine rings is 1. The summed E-state index contributed by atoms with van der Waals surface area (Å²) in [5.41, 5.74) is 5.62. The Balaban J connectivity index is 1.98. The fraction of sp³-hybridized carbons (Fsp3) is 0.500. The second-order valence-electron chi connectivity index (χ2n) is 5.98. The first-order chi connectivity index (χ1) is 9.77. The van der Waals surface area contributed by atoms with E-state index in [4.69, 9.17) is 10.6 Å². The Morgan fingerprint density at radius 1 is 1.33 bits per heavy atom. The Morgan fingerprint density at radius 2 is 2.05 bits per heavy atom. The molecule has 1 amide bonds. The van der Waals surface area contributed by atoms with Gasteiger partial charge in [-0.2, -0.15) is 0 Å². The molecule has 1 aromatic rings. The van der Waals surface area contributed by atoms with Crippen molar-refractivity contribution in [3.05, 3.63) is 18.3 Å². The molecule has 0 aliphatic carbocycles. The van der Waals surface area contributed by atoms with E-state index in [0.717, 1.165) is 0 Å². The van der Waals surface area contributed by atoms with Crippen molar-refractivity contribution in [1.29, 1.82) is 0 Å². The van der Waals surface area contributed by atoms with Crippen LogP contribution in [0.2, 0.25) is 0 Å². The molecule has 0 unspecified atom stereocenters. The number of hydrogen-bond donors (Lipinski definition) is 1. The molecule has 0 radical (unpaired) electrons. The van der Waals surface area contributed by atoms with E-state index < -0.39 is 5.41 Å². The van der Waals surface area contributed by atoms with E-state index in [1.807, 2.05) is 0 Å². The van der Waals surface area contributed by atoms with Crippen LogP contribution in [0.15, 0.2) is 18.3 Å². The Kier molecular flexibility index (Phi) is 4.13. The SMILES string of the molecule is CC(C)(C)C(=O)ON1CCN(c2ccc(N)nc2)C(=O)C1. The second-order valence-corrected chi connectivity index (χ2v) is 5.98. The Hall–Kier alpha value is -2.15. The van der Waals surface area contributed by atoms with Gasteiger partial charge >= 0.3 is 5.97 Å². The van der Waals surface area contributed by atoms with Gasteiger partial charge in [-0.15, -0.1) is 5.06 Å². The predicted octanol–water partition coefficient (Wildman–Crippen LogP) is 0.817. The van der Waals surface area contributed by atoms with Crippen molar-refractivity contribution in [2.24, 2.45) is 5.41 Å². The highest BCUT2D eigenvalue weighted by Crippen LogP contribution is 2.20. The molecule has 1 saturated heterocycles. The molecule has 0 spiro atoms. The Morgan fingerprint density at radius 3 is 2.57 bits per heavy atom. The zero-order chi connectivity index (χ0) is 15.6. The van der Waals surface area contributed by atoms with Gasteiger partial charge in [0.2, 0.25) is 5.91 Å². The summed E-state index contributed by atoms with van der Waals surface area (Å²) in [5.74, 6) is -0.0867. The number of aromatic nitrogens is 1. The molecule has 7 nitrogen and oxygen atoms in total. The first-order valence-corrected chi connectivity index (χ1v) is 6.76. The number of carbonyl (C=O) groups excluding carboxylic acids is 2. The lowest BCUT2D eigenvalue weighted by Crippen LogP contribution is -2.51. The maximum absolute atomic E-state index is 12.2. The molecule has 114 valence electrons. The lowest BCUT2D eigenvalue weighted by atomic mass is 9.98. The van der Waals surface area contributed by atoms with E-state index in [2.05, 4.69) is 4.98 Å². The van der Waals surface area contributed by atoms with Crippen LogP contribution < -0.4 is 10.6 Å². The standard InChI is InChI=1S/C14H20N4O3/c1-14(2,3)13(20)21-17-6-7-18(12(19)9-17)10-4-5-11(15)16-8-10/h4-5,8H,6-7,9H2,1-3H3,(H2,15,16). The van der Waals surface area contributed by atoms with Crippen molar-refractivity contribution in [2.45, 2.75) is 20.8 Å². The van der Waals surface area contributed by atoms with E-state index in [9.17, 15) is 9.59 Å². The average Bonchev–Trinajstić information content (AvgIpc) is 2.39. The summed E-state index contributed by atoms with van der Waals surface area (Å²) < 4.78 is 0. The number of carbonyl (C=O) groups is 2. The third-order valence-corrected chi connectivity index (χ3v) is 3.09. The highest BCUT2D eigenvalue weighted by Gasteiger charge is 2.31. The van der Waals surface area contributed by atoms with E-state index in [-0.39, 0.29) is 18.4 Å². The van der Waals surface area contributed by atoms with Gasteiger partial charge in [-0.25, -0.2) is 9.78 Å². The number of hydroxylamine groups is 2. The zero-order valence-electron chi connectivity index (χ0n) is 12.5. The van der Waals surface area contributed by atoms with Crippen LogP contribution in [-0.2, 0) is 14.4 Å². The quantitative estimate of drug-likeness (QED) is 0.868. The lowest BCUT2D eigenvalue weighted by Gasteiger charge is -2.33. The van der Waals surface area contributed by atoms with Crippen molar-refractivity contribution in [2.75, 3.05) is 30.3 Å². The minimum Gasteiger partial charge on any atom is -0.384 e. The van der Waals surface area contributed by atoms with Gasteiger partial charge in [-0.1, -0.05) is 0 Å². The molecule has 0 bridgehead atoms. The molecule has 1 fully saturated rings. The number of anilines is 2. The van der Waals surface area contributed by atoms with Gasteiger partial charge in [0.15, 0.2) is 0 Å². The molecular formula is C14H20N4O3. The van der Waals surface area contributed by atoms with Crippen LogP contribution in [-0.4, -0.2) is 41.6 Å². The van der Waals surface area contributed by atoms with Crippen LogP contribution in [0.3, 0.4) is 0 Å². The fourth-order valence-corrected chi connectivity index (χ4v) is 1.81. The van der Waals surface area contributed by atoms with Crippen molar-refractivity contribution in [1.82, 2.24) is 10.0 Å². The lowest BCUT2D eigenvalue weighted by molar-refractivity contribution is -0.202. The molecule has 21 heavy (non-hydrogen) atoms. The third kappa shape index (κ3) is 3.69. The largest absolute Gasteiger partial charge is 0.384 e. The summed E-state index contributed by atoms with van der Waals surface area (Å²) in [5, 5.41) is 1.40. The number of amides is 1. The highest BCUT2D eigenvalue weighted by atomic mass is 16.7. The zero-order valence-corrected chi connectivity index (χ0v) is 12.5. The topological polar surface area (TPSA) is 88.8 Å². The maximum Gasteiger partial charge on any atom is 0.330 e. The summed E-state index contributed by atoms with van der Waals surface area (Å²) in [6, 6.07) is 3.39. The highest BCUT2D eigenvalue weighted by molar-refractivity contribution is 5.95. The van der Waals surface area contributed by atoms with Gasteiger partial charge in [-0.05, 0) is 32.9 Å². The first-order valence-electron chi connectivity index (χ1n) is 6.76. The van der Waals surface area contributed by atoms with Gasteiger partial charge in [-0.3, -0.25) is 4.79 Å². The average molecular weight is 292 g/mol. The molecule has 0 saturated carbocycles. The van der Waals surface area contributed by atoms with Gasteiger partial charge in [0.1, 0.15) is 12.4 Å². The summed E-state index contributed by atoms with van der Waals surface area (Å²) in [6.07, 6.45) is 1.56. The molecule has 0 atom stereocenters. The van der Waals surface area contributed by atoms with Crippen LogP contribution in [0.25, 0.3) is 0 Å². The smallest absolute Gasteiger partial charge is 0.330 e. The fourth-order valence-electron chi connectivity index (χ4n) is 1.81. The summed E-state index contributed by atoms with van der Waals surface area (Å²) in [6.45, 7) is 6.24. The number of nitrogens with zero attached hydrogens (tertiary/aromatic N) is 3. The van der Waals surface area contributed by atoms with Crippen LogP contribution in [0, 0.1) is 5.41 Å². The van der Waals surface area contributed by atoms with E-state index in [1.165, 1.54) is 5.06 Å². The van der Waals surface area contributed by atoms with Crippen molar-refractivity contribution >= 4 is 23.4 Å². The van der Waals surface area contributed by atoms with Gasteiger partial charge < -0.3 is 15.5 Å². The molecular weight excluding hydrogens is 272 g/mol. The van der Waals surface area contributed by atoms with Gasteiger partial charge in [0.25, 0.3) is 0 Å². The summed E-state index contributed by atoms with van der Waals surface area (Å²) in [4.78, 5) is 34.8. The summed E-state index contributed by atoms with van der Waals surface area (Å²) in [7, 11) is 0. The number of nitrogen functional groups attached to an aromatic ring is 1. The second kappa shape index (κ2) is 5.69. The van der Waals surface area contributed by atoms with Crippen molar-refractivity contribution in [3.63, 3.8) is 0 Å². The summed E-state index contributed by atoms with van der Waals surface area (Å²) >= 11 is 0. The van der Waals surface area contributed by atoms with Crippen molar-refractivity contribution < 1.29 is 14.4 Å². The first kappa shape index (κ1) is 15.2. The van der Waals surface area contributed by atoms with E-state index in [1.54, 1.807) is 44.0 Å². The van der Waals surface area contributed by atoms with Crippen LogP contribution in [0.1, 0.15) is 20.8 Å². The number of hydrogen-bond acceptors (Lipinski definition) is 6. The Bertz CT molecular complexity index is 536. The molecule has 7 heteroatoms. The molecule has 1 aliphatic heterocycles. The van der Waals surface area contributed by atoms with Crippen LogP contribution in [0.4, 0.5) is 11.5 Å². The molecule has 2 N–H and O–H groups in total. The maximum atomic E-state index is 12.2. The van der Waals surface area contributed by atoms with E-state index >= 15 is 0 Å². The third-order valence-electron chi connectivity index (χ3n) is 3.09. The number of nitrogens with two attached hydrogens (primary N) is 1. The minimum absolute atomic E-state index is 0.0339. The number of rotatable bonds is 2. The molecule has 1 aliphatic rings. The monoisotopic (exact) mass is 292 g/mol. The normalized spacial score (nSPS) is 16.9. The van der Waals surface area contributed by atoms with E-state index in [0.29, 0.717) is 24.6 Å². The van der Waals surface area contributed by atoms with Crippen molar-refractivity contribution in [3.8, 4) is 0 Å². The molecule has 1 aromatic heterocycles. The van der Waals surface area contributed by atoms with Gasteiger partial charge in [0, 0.05) is 6.54 Å². The molecule has 2 rings (SSSR count). The predicted molar refractivity (Wildman–Crippen MR) is 78.1 cm³/mol. The molecule has 2 heterocycles. The van der Waals surface area contributed by atoms with Gasteiger partial charge in [0.05, 0.1) is 23.8 Å². The number of piperazine rings is 1.